The van der Waals surface area contributed by atoms with Crippen LogP contribution >= 0.6 is 0 Å². The Labute approximate surface area is 86.9 Å². The molecule has 1 aliphatic carbocycles. The highest BCUT2D eigenvalue weighted by atomic mass is 19.1. The first-order valence-electron chi connectivity index (χ1n) is 5.04. The molecule has 0 saturated heterocycles. The number of anilines is 1. The van der Waals surface area contributed by atoms with Gasteiger partial charge in [-0.2, -0.15) is 0 Å². The highest BCUT2D eigenvalue weighted by molar-refractivity contribution is 5.35. The van der Waals surface area contributed by atoms with Crippen LogP contribution in [0, 0.1) is 11.6 Å². The molecule has 0 amide bonds. The van der Waals surface area contributed by atoms with Crippen molar-refractivity contribution >= 4 is 5.82 Å². The summed E-state index contributed by atoms with van der Waals surface area (Å²) in [6, 6.07) is 1.46. The van der Waals surface area contributed by atoms with Crippen molar-refractivity contribution in [2.75, 3.05) is 18.4 Å². The lowest BCUT2D eigenvalue weighted by Crippen LogP contribution is -2.24. The molecule has 1 heterocycles. The molecule has 2 N–H and O–H groups in total. The van der Waals surface area contributed by atoms with E-state index < -0.39 is 11.6 Å². The van der Waals surface area contributed by atoms with Crippen molar-refractivity contribution in [2.24, 2.45) is 0 Å². The molecule has 0 unspecified atom stereocenters. The fraction of sp³-hybridized carbons (Fsp3) is 0.500. The molecule has 0 atom stereocenters. The van der Waals surface area contributed by atoms with Crippen LogP contribution in [0.2, 0.25) is 0 Å². The number of halogens is 2. The van der Waals surface area contributed by atoms with E-state index in [4.69, 9.17) is 0 Å². The first-order valence-corrected chi connectivity index (χ1v) is 5.04. The van der Waals surface area contributed by atoms with E-state index in [0.717, 1.165) is 18.8 Å². The zero-order chi connectivity index (χ0) is 10.7. The number of nitrogens with zero attached hydrogens (tertiary/aromatic N) is 1. The second kappa shape index (κ2) is 4.53. The average molecular weight is 213 g/mol. The van der Waals surface area contributed by atoms with E-state index in [-0.39, 0.29) is 5.82 Å². The highest BCUT2D eigenvalue weighted by Crippen LogP contribution is 2.18. The molecule has 1 aromatic heterocycles. The van der Waals surface area contributed by atoms with Crippen LogP contribution in [0.5, 0.6) is 0 Å². The van der Waals surface area contributed by atoms with Crippen molar-refractivity contribution in [3.05, 3.63) is 23.9 Å². The van der Waals surface area contributed by atoms with E-state index in [1.165, 1.54) is 12.8 Å². The van der Waals surface area contributed by atoms with Crippen LogP contribution in [0.3, 0.4) is 0 Å². The van der Waals surface area contributed by atoms with Crippen molar-refractivity contribution in [3.63, 3.8) is 0 Å². The van der Waals surface area contributed by atoms with Gasteiger partial charge in [-0.1, -0.05) is 0 Å². The van der Waals surface area contributed by atoms with E-state index in [2.05, 4.69) is 15.6 Å². The van der Waals surface area contributed by atoms with Gasteiger partial charge in [0.25, 0.3) is 0 Å². The summed E-state index contributed by atoms with van der Waals surface area (Å²) in [5.74, 6) is -1.20. The zero-order valence-corrected chi connectivity index (χ0v) is 8.26. The van der Waals surface area contributed by atoms with Crippen LogP contribution in [-0.2, 0) is 0 Å². The lowest BCUT2D eigenvalue weighted by atomic mass is 10.4. The smallest absolute Gasteiger partial charge is 0.168 e. The lowest BCUT2D eigenvalue weighted by molar-refractivity contribution is 0.575. The maximum absolute atomic E-state index is 13.1. The number of hydrogen-bond acceptors (Lipinski definition) is 3. The first-order chi connectivity index (χ1) is 7.25. The fourth-order valence-corrected chi connectivity index (χ4v) is 1.29. The molecule has 0 spiro atoms. The van der Waals surface area contributed by atoms with Gasteiger partial charge in [-0.15, -0.1) is 0 Å². The quantitative estimate of drug-likeness (QED) is 0.728. The van der Waals surface area contributed by atoms with Gasteiger partial charge in [-0.25, -0.2) is 13.8 Å². The number of pyridine rings is 1. The Kier molecular flexibility index (Phi) is 3.11. The molecule has 15 heavy (non-hydrogen) atoms. The Morgan fingerprint density at radius 1 is 1.33 bits per heavy atom. The molecule has 1 saturated carbocycles. The van der Waals surface area contributed by atoms with Crippen LogP contribution < -0.4 is 10.6 Å². The minimum atomic E-state index is -0.658. The van der Waals surface area contributed by atoms with Gasteiger partial charge in [0.2, 0.25) is 0 Å². The number of aromatic nitrogens is 1. The van der Waals surface area contributed by atoms with Crippen LogP contribution in [-0.4, -0.2) is 24.1 Å². The Bertz CT molecular complexity index is 339. The Balaban J connectivity index is 1.76. The number of rotatable bonds is 5. The maximum atomic E-state index is 13.1. The summed E-state index contributed by atoms with van der Waals surface area (Å²) in [4.78, 5) is 3.62. The van der Waals surface area contributed by atoms with Crippen LogP contribution in [0.25, 0.3) is 0 Å². The van der Waals surface area contributed by atoms with E-state index in [1.54, 1.807) is 0 Å². The Morgan fingerprint density at radius 2 is 2.13 bits per heavy atom. The highest BCUT2D eigenvalue weighted by Gasteiger charge is 2.19. The van der Waals surface area contributed by atoms with Gasteiger partial charge < -0.3 is 10.6 Å². The summed E-state index contributed by atoms with van der Waals surface area (Å²) in [6.07, 6.45) is 3.45. The third-order valence-electron chi connectivity index (χ3n) is 2.24. The van der Waals surface area contributed by atoms with Gasteiger partial charge in [-0.05, 0) is 12.8 Å². The molecule has 2 rings (SSSR count). The van der Waals surface area contributed by atoms with Crippen molar-refractivity contribution in [3.8, 4) is 0 Å². The average Bonchev–Trinajstić information content (AvgIpc) is 2.99. The number of hydrogen-bond donors (Lipinski definition) is 2. The van der Waals surface area contributed by atoms with Crippen LogP contribution in [0.4, 0.5) is 14.6 Å². The van der Waals surface area contributed by atoms with Crippen LogP contribution in [0.1, 0.15) is 12.8 Å². The largest absolute Gasteiger partial charge is 0.366 e. The third-order valence-corrected chi connectivity index (χ3v) is 2.24. The molecule has 1 fully saturated rings. The molecular weight excluding hydrogens is 200 g/mol. The summed E-state index contributed by atoms with van der Waals surface area (Å²) in [5.41, 5.74) is 0. The van der Waals surface area contributed by atoms with Gasteiger partial charge in [0.15, 0.2) is 11.6 Å². The minimum Gasteiger partial charge on any atom is -0.366 e. The van der Waals surface area contributed by atoms with E-state index >= 15 is 0 Å². The molecule has 1 aliphatic rings. The van der Waals surface area contributed by atoms with Gasteiger partial charge in [0.05, 0.1) is 6.20 Å². The van der Waals surface area contributed by atoms with E-state index in [9.17, 15) is 8.78 Å². The molecule has 5 heteroatoms. The molecule has 0 aliphatic heterocycles. The third kappa shape index (κ3) is 3.13. The lowest BCUT2D eigenvalue weighted by Gasteiger charge is -2.06. The normalized spacial score (nSPS) is 15.3. The SMILES string of the molecule is Fc1cnc(NCCNC2CC2)c(F)c1. The molecular formula is C10H13F2N3. The van der Waals surface area contributed by atoms with Gasteiger partial charge >= 0.3 is 0 Å². The van der Waals surface area contributed by atoms with Crippen LogP contribution in [0.15, 0.2) is 12.3 Å². The van der Waals surface area contributed by atoms with Crippen molar-refractivity contribution in [1.82, 2.24) is 10.3 Å². The van der Waals surface area contributed by atoms with Gasteiger partial charge in [0.1, 0.15) is 5.82 Å². The summed E-state index contributed by atoms with van der Waals surface area (Å²) < 4.78 is 25.6. The summed E-state index contributed by atoms with van der Waals surface area (Å²) in [7, 11) is 0. The van der Waals surface area contributed by atoms with Gasteiger partial charge in [0, 0.05) is 25.2 Å². The predicted molar refractivity (Wildman–Crippen MR) is 53.7 cm³/mol. The first kappa shape index (κ1) is 10.3. The predicted octanol–water partition coefficient (Wildman–Crippen LogP) is 1.52. The topological polar surface area (TPSA) is 37.0 Å². The standard InChI is InChI=1S/C10H13F2N3/c11-7-5-9(12)10(15-6-7)14-4-3-13-8-1-2-8/h5-6,8,13H,1-4H2,(H,14,15). The number of nitrogens with one attached hydrogen (secondary N) is 2. The summed E-state index contributed by atoms with van der Waals surface area (Å²) in [5, 5.41) is 6.08. The van der Waals surface area contributed by atoms with Crippen molar-refractivity contribution in [1.29, 1.82) is 0 Å². The second-order valence-electron chi connectivity index (χ2n) is 3.64. The van der Waals surface area contributed by atoms with Crippen molar-refractivity contribution < 1.29 is 8.78 Å². The van der Waals surface area contributed by atoms with E-state index in [1.807, 2.05) is 0 Å². The summed E-state index contributed by atoms with van der Waals surface area (Å²) >= 11 is 0. The molecule has 0 radical (unpaired) electrons. The monoisotopic (exact) mass is 213 g/mol. The summed E-state index contributed by atoms with van der Waals surface area (Å²) in [6.45, 7) is 1.36. The molecule has 0 aromatic carbocycles. The molecule has 1 aromatic rings. The van der Waals surface area contributed by atoms with Gasteiger partial charge in [-0.3, -0.25) is 0 Å². The molecule has 0 bridgehead atoms. The minimum absolute atomic E-state index is 0.106. The molecule has 3 nitrogen and oxygen atoms in total. The Morgan fingerprint density at radius 3 is 2.80 bits per heavy atom. The fourth-order valence-electron chi connectivity index (χ4n) is 1.29. The second-order valence-corrected chi connectivity index (χ2v) is 3.64. The molecule has 82 valence electrons. The Hall–Kier alpha value is -1.23. The zero-order valence-electron chi connectivity index (χ0n) is 8.26. The van der Waals surface area contributed by atoms with Crippen molar-refractivity contribution in [2.45, 2.75) is 18.9 Å². The van der Waals surface area contributed by atoms with E-state index in [0.29, 0.717) is 12.6 Å². The maximum Gasteiger partial charge on any atom is 0.168 e.